The summed E-state index contributed by atoms with van der Waals surface area (Å²) in [5.74, 6) is 0.836. The fraction of sp³-hybridized carbons (Fsp3) is 0.478. The van der Waals surface area contributed by atoms with E-state index in [-0.39, 0.29) is 23.1 Å². The summed E-state index contributed by atoms with van der Waals surface area (Å²) in [4.78, 5) is 27.9. The molecular weight excluding hydrogens is 338 g/mol. The molecule has 0 fully saturated rings. The van der Waals surface area contributed by atoms with E-state index in [1.165, 1.54) is 0 Å². The Morgan fingerprint density at radius 1 is 1.15 bits per heavy atom. The lowest BCUT2D eigenvalue weighted by Gasteiger charge is -2.28. The molecule has 27 heavy (non-hydrogen) atoms. The average Bonchev–Trinajstić information content (AvgIpc) is 2.85. The van der Waals surface area contributed by atoms with Crippen molar-refractivity contribution in [1.29, 1.82) is 0 Å². The Hall–Kier alpha value is -2.36. The van der Waals surface area contributed by atoms with Crippen LogP contribution in [0.2, 0.25) is 0 Å². The predicted octanol–water partition coefficient (Wildman–Crippen LogP) is 5.42. The van der Waals surface area contributed by atoms with Crippen LogP contribution >= 0.6 is 0 Å². The number of hydrogen-bond acceptors (Lipinski definition) is 3. The SMILES string of the molecule is Cc1ccc(C)c(N(C(=O)c2oc3c(c2C)C(=O)CC(C)(C)C3)C(C)C)c1. The Kier molecular flexibility index (Phi) is 4.79. The highest BCUT2D eigenvalue weighted by Crippen LogP contribution is 2.39. The van der Waals surface area contributed by atoms with Gasteiger partial charge in [0, 0.05) is 30.1 Å². The molecule has 144 valence electrons. The minimum Gasteiger partial charge on any atom is -0.455 e. The highest BCUT2D eigenvalue weighted by Gasteiger charge is 2.38. The zero-order chi connectivity index (χ0) is 20.1. The van der Waals surface area contributed by atoms with Gasteiger partial charge in [-0.05, 0) is 57.2 Å². The van der Waals surface area contributed by atoms with E-state index in [0.717, 1.165) is 16.8 Å². The van der Waals surface area contributed by atoms with Crippen molar-refractivity contribution in [2.75, 3.05) is 4.90 Å². The second kappa shape index (κ2) is 6.66. The second-order valence-electron chi connectivity index (χ2n) is 8.85. The maximum atomic E-state index is 13.5. The zero-order valence-corrected chi connectivity index (χ0v) is 17.4. The second-order valence-corrected chi connectivity index (χ2v) is 8.85. The van der Waals surface area contributed by atoms with Crippen LogP contribution in [-0.4, -0.2) is 17.7 Å². The van der Waals surface area contributed by atoms with Crippen LogP contribution in [0.1, 0.15) is 77.5 Å². The van der Waals surface area contributed by atoms with E-state index in [1.54, 1.807) is 4.90 Å². The van der Waals surface area contributed by atoms with Crippen LogP contribution in [0.4, 0.5) is 5.69 Å². The molecule has 1 amide bonds. The molecule has 0 bridgehead atoms. The number of benzene rings is 1. The summed E-state index contributed by atoms with van der Waals surface area (Å²) in [5.41, 5.74) is 4.17. The quantitative estimate of drug-likeness (QED) is 0.728. The first-order chi connectivity index (χ1) is 12.5. The van der Waals surface area contributed by atoms with Gasteiger partial charge in [-0.25, -0.2) is 0 Å². The molecule has 1 aliphatic carbocycles. The Morgan fingerprint density at radius 2 is 1.81 bits per heavy atom. The molecule has 4 nitrogen and oxygen atoms in total. The molecule has 0 saturated heterocycles. The fourth-order valence-corrected chi connectivity index (χ4v) is 4.00. The first-order valence-electron chi connectivity index (χ1n) is 9.58. The molecule has 0 spiro atoms. The van der Waals surface area contributed by atoms with E-state index < -0.39 is 0 Å². The molecule has 0 N–H and O–H groups in total. The number of hydrogen-bond donors (Lipinski definition) is 0. The Labute approximate surface area is 161 Å². The van der Waals surface area contributed by atoms with Crippen LogP contribution in [0.15, 0.2) is 22.6 Å². The maximum absolute atomic E-state index is 13.5. The molecule has 3 rings (SSSR count). The number of Topliss-reactive ketones (excluding diaryl/α,β-unsaturated/α-hetero) is 1. The van der Waals surface area contributed by atoms with Crippen LogP contribution in [0.3, 0.4) is 0 Å². The third-order valence-corrected chi connectivity index (χ3v) is 5.33. The fourth-order valence-electron chi connectivity index (χ4n) is 4.00. The lowest BCUT2D eigenvalue weighted by molar-refractivity contribution is 0.0895. The predicted molar refractivity (Wildman–Crippen MR) is 108 cm³/mol. The van der Waals surface area contributed by atoms with Crippen molar-refractivity contribution >= 4 is 17.4 Å². The average molecular weight is 367 g/mol. The van der Waals surface area contributed by atoms with Gasteiger partial charge in [-0.1, -0.05) is 26.0 Å². The number of carbonyl (C=O) groups is 2. The van der Waals surface area contributed by atoms with E-state index in [9.17, 15) is 9.59 Å². The van der Waals surface area contributed by atoms with Crippen molar-refractivity contribution in [1.82, 2.24) is 0 Å². The van der Waals surface area contributed by atoms with Gasteiger partial charge in [0.05, 0.1) is 5.56 Å². The molecule has 1 aromatic heterocycles. The third kappa shape index (κ3) is 3.45. The lowest BCUT2D eigenvalue weighted by atomic mass is 9.76. The van der Waals surface area contributed by atoms with E-state index in [0.29, 0.717) is 35.5 Å². The van der Waals surface area contributed by atoms with Gasteiger partial charge in [-0.15, -0.1) is 0 Å². The van der Waals surface area contributed by atoms with Gasteiger partial charge in [0.15, 0.2) is 11.5 Å². The van der Waals surface area contributed by atoms with Crippen LogP contribution in [0.25, 0.3) is 0 Å². The highest BCUT2D eigenvalue weighted by molar-refractivity contribution is 6.09. The van der Waals surface area contributed by atoms with Crippen molar-refractivity contribution in [2.45, 2.75) is 67.3 Å². The number of furan rings is 1. The molecular formula is C23H29NO3. The number of carbonyl (C=O) groups excluding carboxylic acids is 2. The minimum atomic E-state index is -0.184. The number of amides is 1. The Morgan fingerprint density at radius 3 is 2.44 bits per heavy atom. The summed E-state index contributed by atoms with van der Waals surface area (Å²) < 4.78 is 6.02. The van der Waals surface area contributed by atoms with Crippen molar-refractivity contribution in [3.63, 3.8) is 0 Å². The minimum absolute atomic E-state index is 0.0355. The van der Waals surface area contributed by atoms with E-state index >= 15 is 0 Å². The van der Waals surface area contributed by atoms with Crippen molar-refractivity contribution in [3.05, 3.63) is 52.0 Å². The topological polar surface area (TPSA) is 50.5 Å². The van der Waals surface area contributed by atoms with E-state index in [2.05, 4.69) is 13.8 Å². The maximum Gasteiger partial charge on any atom is 0.294 e. The highest BCUT2D eigenvalue weighted by atomic mass is 16.4. The molecule has 0 saturated carbocycles. The summed E-state index contributed by atoms with van der Waals surface area (Å²) in [7, 11) is 0. The van der Waals surface area contributed by atoms with Crippen molar-refractivity contribution < 1.29 is 14.0 Å². The molecule has 4 heteroatoms. The number of aryl methyl sites for hydroxylation is 2. The normalized spacial score (nSPS) is 15.8. The van der Waals surface area contributed by atoms with Gasteiger partial charge in [-0.2, -0.15) is 0 Å². The summed E-state index contributed by atoms with van der Waals surface area (Å²) >= 11 is 0. The van der Waals surface area contributed by atoms with Crippen molar-refractivity contribution in [2.24, 2.45) is 5.41 Å². The van der Waals surface area contributed by atoms with Gasteiger partial charge >= 0.3 is 0 Å². The lowest BCUT2D eigenvalue weighted by Crippen LogP contribution is -2.37. The van der Waals surface area contributed by atoms with Crippen LogP contribution in [0, 0.1) is 26.2 Å². The van der Waals surface area contributed by atoms with E-state index in [1.807, 2.05) is 52.8 Å². The molecule has 0 atom stereocenters. The molecule has 0 aliphatic heterocycles. The molecule has 0 radical (unpaired) electrons. The van der Waals surface area contributed by atoms with Crippen LogP contribution < -0.4 is 4.90 Å². The number of fused-ring (bicyclic) bond motifs is 1. The summed E-state index contributed by atoms with van der Waals surface area (Å²) in [6.07, 6.45) is 1.16. The zero-order valence-electron chi connectivity index (χ0n) is 17.4. The van der Waals surface area contributed by atoms with Gasteiger partial charge in [0.2, 0.25) is 0 Å². The van der Waals surface area contributed by atoms with Crippen LogP contribution in [-0.2, 0) is 6.42 Å². The summed E-state index contributed by atoms with van der Waals surface area (Å²) in [6, 6.07) is 6.06. The van der Waals surface area contributed by atoms with Gasteiger partial charge in [0.25, 0.3) is 5.91 Å². The molecule has 2 aromatic rings. The molecule has 1 heterocycles. The van der Waals surface area contributed by atoms with Gasteiger partial charge in [-0.3, -0.25) is 9.59 Å². The largest absolute Gasteiger partial charge is 0.455 e. The van der Waals surface area contributed by atoms with Crippen molar-refractivity contribution in [3.8, 4) is 0 Å². The monoisotopic (exact) mass is 367 g/mol. The number of rotatable bonds is 3. The summed E-state index contributed by atoms with van der Waals surface area (Å²) in [6.45, 7) is 14.0. The van der Waals surface area contributed by atoms with Crippen LogP contribution in [0.5, 0.6) is 0 Å². The molecule has 1 aliphatic rings. The third-order valence-electron chi connectivity index (χ3n) is 5.33. The number of nitrogens with zero attached hydrogens (tertiary/aromatic N) is 1. The van der Waals surface area contributed by atoms with Gasteiger partial charge in [0.1, 0.15) is 5.76 Å². The van der Waals surface area contributed by atoms with Gasteiger partial charge < -0.3 is 9.32 Å². The molecule has 0 unspecified atom stereocenters. The molecule has 1 aromatic carbocycles. The standard InChI is InChI=1S/C23H29NO3/c1-13(2)24(17-10-14(3)8-9-15(17)4)22(26)21-16(5)20-18(25)11-23(6,7)12-19(20)27-21/h8-10,13H,11-12H2,1-7H3. The first-order valence-corrected chi connectivity index (χ1v) is 9.58. The Bertz CT molecular complexity index is 918. The smallest absolute Gasteiger partial charge is 0.294 e. The summed E-state index contributed by atoms with van der Waals surface area (Å²) in [5, 5.41) is 0. The number of ketones is 1. The number of anilines is 1. The first kappa shape index (κ1) is 19.4. The Balaban J connectivity index is 2.09. The van der Waals surface area contributed by atoms with E-state index in [4.69, 9.17) is 4.42 Å².